The zero-order valence-corrected chi connectivity index (χ0v) is 12.1. The van der Waals surface area contributed by atoms with Crippen molar-refractivity contribution in [2.24, 2.45) is 22.7 Å². The van der Waals surface area contributed by atoms with Gasteiger partial charge in [-0.2, -0.15) is 4.99 Å². The summed E-state index contributed by atoms with van der Waals surface area (Å²) >= 11 is 0. The Morgan fingerprint density at radius 2 is 1.70 bits per heavy atom. The lowest BCUT2D eigenvalue weighted by Crippen LogP contribution is -2.48. The van der Waals surface area contributed by atoms with Crippen LogP contribution in [0.3, 0.4) is 0 Å². The van der Waals surface area contributed by atoms with Crippen LogP contribution in [0, 0.1) is 24.7 Å². The molecule has 0 amide bonds. The zero-order valence-electron chi connectivity index (χ0n) is 12.1. The molecule has 2 heteroatoms. The first-order valence-electron chi connectivity index (χ1n) is 7.87. The Bertz CT molecular complexity index is 562. The molecule has 4 aliphatic rings. The molecule has 0 unspecified atom stereocenters. The molecule has 2 nitrogen and oxygen atoms in total. The Hall–Kier alpha value is -1.40. The number of carbonyl (C=O) groups excluding carboxylic acids is 1. The average molecular weight is 267 g/mol. The average Bonchev–Trinajstić information content (AvgIpc) is 2.40. The number of benzene rings is 1. The Balaban J connectivity index is 1.77. The molecular formula is C18H21NO. The van der Waals surface area contributed by atoms with Crippen LogP contribution >= 0.6 is 0 Å². The van der Waals surface area contributed by atoms with E-state index in [1.165, 1.54) is 44.1 Å². The minimum absolute atomic E-state index is 0.385. The summed E-state index contributed by atoms with van der Waals surface area (Å²) in [5, 5.41) is 0. The maximum Gasteiger partial charge on any atom is 0.240 e. The van der Waals surface area contributed by atoms with Gasteiger partial charge in [0.2, 0.25) is 6.08 Å². The topological polar surface area (TPSA) is 29.4 Å². The van der Waals surface area contributed by atoms with Crippen LogP contribution in [0.15, 0.2) is 23.2 Å². The van der Waals surface area contributed by atoms with E-state index in [0.29, 0.717) is 5.41 Å². The zero-order chi connectivity index (χ0) is 13.7. The van der Waals surface area contributed by atoms with Gasteiger partial charge in [-0.25, -0.2) is 4.79 Å². The van der Waals surface area contributed by atoms with Gasteiger partial charge in [-0.3, -0.25) is 0 Å². The van der Waals surface area contributed by atoms with Gasteiger partial charge >= 0.3 is 0 Å². The molecule has 104 valence electrons. The summed E-state index contributed by atoms with van der Waals surface area (Å²) in [6, 6.07) is 6.57. The first-order valence-corrected chi connectivity index (χ1v) is 7.87. The summed E-state index contributed by atoms with van der Waals surface area (Å²) in [5.41, 5.74) is 3.70. The first kappa shape index (κ1) is 12.3. The normalized spacial score (nSPS) is 37.8. The number of aryl methyl sites for hydroxylation is 1. The number of hydrogen-bond donors (Lipinski definition) is 0. The molecule has 4 fully saturated rings. The van der Waals surface area contributed by atoms with Crippen molar-refractivity contribution in [3.05, 3.63) is 29.3 Å². The third-order valence-corrected chi connectivity index (χ3v) is 6.03. The van der Waals surface area contributed by atoms with E-state index in [0.717, 1.165) is 29.0 Å². The summed E-state index contributed by atoms with van der Waals surface area (Å²) in [4.78, 5) is 14.5. The number of nitrogens with zero attached hydrogens (tertiary/aromatic N) is 1. The van der Waals surface area contributed by atoms with E-state index >= 15 is 0 Å². The summed E-state index contributed by atoms with van der Waals surface area (Å²) in [6.07, 6.45) is 10.1. The van der Waals surface area contributed by atoms with E-state index in [1.807, 2.05) is 6.92 Å². The minimum Gasteiger partial charge on any atom is -0.211 e. The fraction of sp³-hybridized carbons (Fsp3) is 0.611. The van der Waals surface area contributed by atoms with Crippen LogP contribution in [0.1, 0.15) is 49.7 Å². The van der Waals surface area contributed by atoms with Gasteiger partial charge < -0.3 is 0 Å². The maximum absolute atomic E-state index is 10.6. The van der Waals surface area contributed by atoms with Crippen molar-refractivity contribution in [2.45, 2.75) is 50.9 Å². The Morgan fingerprint density at radius 3 is 2.25 bits per heavy atom. The van der Waals surface area contributed by atoms with Crippen molar-refractivity contribution >= 4 is 11.8 Å². The SMILES string of the molecule is Cc1ccc(C23CC4CC(CC(C4)C2)C3)cc1N=C=O. The van der Waals surface area contributed by atoms with Gasteiger partial charge in [-0.1, -0.05) is 12.1 Å². The summed E-state index contributed by atoms with van der Waals surface area (Å²) < 4.78 is 0. The van der Waals surface area contributed by atoms with Gasteiger partial charge in [-0.15, -0.1) is 0 Å². The van der Waals surface area contributed by atoms with E-state index in [2.05, 4.69) is 23.2 Å². The summed E-state index contributed by atoms with van der Waals surface area (Å²) in [7, 11) is 0. The van der Waals surface area contributed by atoms with Crippen LogP contribution < -0.4 is 0 Å². The second-order valence-corrected chi connectivity index (χ2v) is 7.40. The Labute approximate surface area is 120 Å². The third-order valence-electron chi connectivity index (χ3n) is 6.03. The van der Waals surface area contributed by atoms with E-state index in [4.69, 9.17) is 0 Å². The molecule has 20 heavy (non-hydrogen) atoms. The molecule has 0 heterocycles. The second kappa shape index (κ2) is 4.30. The number of aliphatic imine (C=N–C) groups is 1. The maximum atomic E-state index is 10.6. The molecule has 0 radical (unpaired) electrons. The summed E-state index contributed by atoms with van der Waals surface area (Å²) in [6.45, 7) is 2.01. The van der Waals surface area contributed by atoms with Crippen LogP contribution in [0.4, 0.5) is 5.69 Å². The van der Waals surface area contributed by atoms with Crippen LogP contribution in [-0.4, -0.2) is 6.08 Å². The molecule has 0 spiro atoms. The van der Waals surface area contributed by atoms with Crippen molar-refractivity contribution < 1.29 is 4.79 Å². The fourth-order valence-electron chi connectivity index (χ4n) is 5.57. The monoisotopic (exact) mass is 267 g/mol. The molecule has 0 aromatic heterocycles. The minimum atomic E-state index is 0.385. The van der Waals surface area contributed by atoms with Crippen molar-refractivity contribution in [3.63, 3.8) is 0 Å². The molecule has 4 bridgehead atoms. The largest absolute Gasteiger partial charge is 0.240 e. The molecule has 5 rings (SSSR count). The lowest BCUT2D eigenvalue weighted by Gasteiger charge is -2.57. The molecule has 4 saturated carbocycles. The highest BCUT2D eigenvalue weighted by Crippen LogP contribution is 2.60. The molecule has 0 aliphatic heterocycles. The molecular weight excluding hydrogens is 246 g/mol. The molecule has 1 aromatic rings. The second-order valence-electron chi connectivity index (χ2n) is 7.40. The van der Waals surface area contributed by atoms with Gasteiger partial charge in [0.1, 0.15) is 0 Å². The van der Waals surface area contributed by atoms with Crippen LogP contribution in [-0.2, 0) is 10.2 Å². The van der Waals surface area contributed by atoms with Crippen LogP contribution in [0.5, 0.6) is 0 Å². The number of isocyanates is 1. The van der Waals surface area contributed by atoms with Gasteiger partial charge in [0.25, 0.3) is 0 Å². The van der Waals surface area contributed by atoms with E-state index in [9.17, 15) is 4.79 Å². The van der Waals surface area contributed by atoms with Gasteiger partial charge in [-0.05, 0) is 85.8 Å². The van der Waals surface area contributed by atoms with Gasteiger partial charge in [0, 0.05) is 0 Å². The quantitative estimate of drug-likeness (QED) is 0.575. The van der Waals surface area contributed by atoms with E-state index < -0.39 is 0 Å². The van der Waals surface area contributed by atoms with Gasteiger partial charge in [0.05, 0.1) is 5.69 Å². The standard InChI is InChI=1S/C18H21NO/c1-12-2-3-16(7-17(12)19-11-20)18-8-13-4-14(9-18)6-15(5-13)10-18/h2-3,7,13-15H,4-6,8-10H2,1H3. The number of rotatable bonds is 2. The smallest absolute Gasteiger partial charge is 0.211 e. The van der Waals surface area contributed by atoms with E-state index in [-0.39, 0.29) is 0 Å². The van der Waals surface area contributed by atoms with Crippen LogP contribution in [0.2, 0.25) is 0 Å². The van der Waals surface area contributed by atoms with Gasteiger partial charge in [0.15, 0.2) is 0 Å². The van der Waals surface area contributed by atoms with Crippen molar-refractivity contribution in [3.8, 4) is 0 Å². The Kier molecular flexibility index (Phi) is 2.65. The lowest BCUT2D eigenvalue weighted by molar-refractivity contribution is -0.00517. The lowest BCUT2D eigenvalue weighted by atomic mass is 9.48. The van der Waals surface area contributed by atoms with Crippen molar-refractivity contribution in [1.82, 2.24) is 0 Å². The molecule has 4 aliphatic carbocycles. The Morgan fingerprint density at radius 1 is 1.10 bits per heavy atom. The van der Waals surface area contributed by atoms with Crippen LogP contribution in [0.25, 0.3) is 0 Å². The highest BCUT2D eigenvalue weighted by Gasteiger charge is 2.51. The molecule has 0 N–H and O–H groups in total. The fourth-order valence-corrected chi connectivity index (χ4v) is 5.57. The third kappa shape index (κ3) is 1.78. The first-order chi connectivity index (χ1) is 9.68. The summed E-state index contributed by atoms with van der Waals surface area (Å²) in [5.74, 6) is 2.83. The highest BCUT2D eigenvalue weighted by atomic mass is 16.1. The van der Waals surface area contributed by atoms with Crippen molar-refractivity contribution in [2.75, 3.05) is 0 Å². The predicted octanol–water partition coefficient (Wildman–Crippen LogP) is 4.43. The predicted molar refractivity (Wildman–Crippen MR) is 78.8 cm³/mol. The molecule has 0 atom stereocenters. The van der Waals surface area contributed by atoms with E-state index in [1.54, 1.807) is 6.08 Å². The highest BCUT2D eigenvalue weighted by molar-refractivity contribution is 5.55. The van der Waals surface area contributed by atoms with Crippen molar-refractivity contribution in [1.29, 1.82) is 0 Å². The molecule has 0 saturated heterocycles. The number of hydrogen-bond acceptors (Lipinski definition) is 2. The molecule has 1 aromatic carbocycles.